The Kier molecular flexibility index (Phi) is 4.43. The first-order chi connectivity index (χ1) is 14.6. The molecule has 0 saturated carbocycles. The number of benzene rings is 1. The maximum absolute atomic E-state index is 14.3. The van der Waals surface area contributed by atoms with Crippen LogP contribution >= 0.6 is 0 Å². The maximum atomic E-state index is 14.3. The summed E-state index contributed by atoms with van der Waals surface area (Å²) in [6, 6.07) is 5.71. The summed E-state index contributed by atoms with van der Waals surface area (Å²) in [7, 11) is 0. The summed E-state index contributed by atoms with van der Waals surface area (Å²) >= 11 is 0. The number of aromatic nitrogens is 7. The molecule has 30 heavy (non-hydrogen) atoms. The molecule has 4 aromatic rings. The van der Waals surface area contributed by atoms with E-state index in [-0.39, 0.29) is 23.4 Å². The lowest BCUT2D eigenvalue weighted by molar-refractivity contribution is 0.184. The van der Waals surface area contributed by atoms with Gasteiger partial charge in [-0.25, -0.2) is 13.8 Å². The lowest BCUT2D eigenvalue weighted by Gasteiger charge is -2.09. The van der Waals surface area contributed by atoms with Crippen LogP contribution in [0.1, 0.15) is 12.5 Å². The van der Waals surface area contributed by atoms with Crippen LogP contribution in [-0.4, -0.2) is 48.2 Å². The molecular formula is C19H16F2N8O. The Bertz CT molecular complexity index is 1210. The molecule has 1 saturated heterocycles. The predicted octanol–water partition coefficient (Wildman–Crippen LogP) is 2.41. The van der Waals surface area contributed by atoms with Crippen molar-refractivity contribution in [2.75, 3.05) is 18.9 Å². The number of rotatable bonds is 4. The Hall–Kier alpha value is -3.73. The summed E-state index contributed by atoms with van der Waals surface area (Å²) in [6.07, 6.45) is 6.15. The summed E-state index contributed by atoms with van der Waals surface area (Å²) < 4.78 is 36.4. The van der Waals surface area contributed by atoms with Gasteiger partial charge in [0.2, 0.25) is 0 Å². The molecule has 1 aromatic carbocycles. The van der Waals surface area contributed by atoms with Crippen molar-refractivity contribution in [1.29, 1.82) is 0 Å². The Balaban J connectivity index is 1.56. The maximum Gasteiger partial charge on any atom is 0.190 e. The fourth-order valence-corrected chi connectivity index (χ4v) is 3.40. The first kappa shape index (κ1) is 18.3. The minimum Gasteiger partial charge on any atom is -0.383 e. The third-order valence-corrected chi connectivity index (χ3v) is 5.00. The lowest BCUT2D eigenvalue weighted by atomic mass is 10.1. The normalized spacial score (nSPS) is 16.3. The standard InChI is InChI=1S/C19H16F2N8O/c20-15-2-1-3-16(17(15)21)29-19(25-26-27-29)14-6-11(7-23-18(14)22)12-8-24-28(9-12)13-4-5-30-10-13/h1-3,6-9,13H,4-5,10H2,(H2,22,23)/t13-/m1/s1. The largest absolute Gasteiger partial charge is 0.383 e. The predicted molar refractivity (Wildman–Crippen MR) is 102 cm³/mol. The van der Waals surface area contributed by atoms with E-state index in [1.54, 1.807) is 18.5 Å². The van der Waals surface area contributed by atoms with Gasteiger partial charge in [0.25, 0.3) is 0 Å². The second kappa shape index (κ2) is 7.26. The van der Waals surface area contributed by atoms with Crippen molar-refractivity contribution in [2.24, 2.45) is 0 Å². The number of nitrogen functional groups attached to an aromatic ring is 1. The highest BCUT2D eigenvalue weighted by atomic mass is 19.2. The fraction of sp³-hybridized carbons (Fsp3) is 0.211. The fourth-order valence-electron chi connectivity index (χ4n) is 3.40. The van der Waals surface area contributed by atoms with Gasteiger partial charge in [0.1, 0.15) is 11.5 Å². The molecule has 0 aliphatic carbocycles. The molecule has 0 radical (unpaired) electrons. The molecule has 0 amide bonds. The molecule has 2 N–H and O–H groups in total. The van der Waals surface area contributed by atoms with E-state index >= 15 is 0 Å². The molecule has 0 spiro atoms. The Labute approximate surface area is 169 Å². The molecule has 152 valence electrons. The van der Waals surface area contributed by atoms with E-state index in [0.29, 0.717) is 18.8 Å². The van der Waals surface area contributed by atoms with Crippen molar-refractivity contribution in [3.8, 4) is 28.2 Å². The van der Waals surface area contributed by atoms with Gasteiger partial charge in [0, 0.05) is 30.1 Å². The molecule has 0 unspecified atom stereocenters. The Morgan fingerprint density at radius 1 is 1.17 bits per heavy atom. The van der Waals surface area contributed by atoms with E-state index in [1.165, 1.54) is 12.1 Å². The zero-order valence-electron chi connectivity index (χ0n) is 15.6. The molecule has 3 aromatic heterocycles. The number of hydrogen-bond acceptors (Lipinski definition) is 7. The van der Waals surface area contributed by atoms with Gasteiger partial charge >= 0.3 is 0 Å². The van der Waals surface area contributed by atoms with Crippen LogP contribution < -0.4 is 5.73 Å². The van der Waals surface area contributed by atoms with Crippen molar-refractivity contribution in [2.45, 2.75) is 12.5 Å². The van der Waals surface area contributed by atoms with E-state index in [2.05, 4.69) is 25.6 Å². The highest BCUT2D eigenvalue weighted by Crippen LogP contribution is 2.30. The van der Waals surface area contributed by atoms with Crippen LogP contribution in [0.15, 0.2) is 42.9 Å². The second-order valence-electron chi connectivity index (χ2n) is 6.87. The van der Waals surface area contributed by atoms with Gasteiger partial charge in [0.05, 0.1) is 24.4 Å². The quantitative estimate of drug-likeness (QED) is 0.550. The average Bonchev–Trinajstić information content (AvgIpc) is 3.51. The summed E-state index contributed by atoms with van der Waals surface area (Å²) in [6.45, 7) is 1.34. The highest BCUT2D eigenvalue weighted by molar-refractivity contribution is 5.76. The summed E-state index contributed by atoms with van der Waals surface area (Å²) in [5.74, 6) is -1.77. The molecule has 9 nitrogen and oxygen atoms in total. The highest BCUT2D eigenvalue weighted by Gasteiger charge is 2.21. The Morgan fingerprint density at radius 2 is 2.07 bits per heavy atom. The molecule has 5 rings (SSSR count). The molecule has 11 heteroatoms. The number of anilines is 1. The number of tetrazole rings is 1. The van der Waals surface area contributed by atoms with E-state index in [0.717, 1.165) is 28.3 Å². The van der Waals surface area contributed by atoms with Crippen LogP contribution in [0.2, 0.25) is 0 Å². The minimum absolute atomic E-state index is 0.131. The summed E-state index contributed by atoms with van der Waals surface area (Å²) in [5, 5.41) is 15.8. The Morgan fingerprint density at radius 3 is 2.90 bits per heavy atom. The van der Waals surface area contributed by atoms with Crippen LogP contribution in [0.4, 0.5) is 14.6 Å². The van der Waals surface area contributed by atoms with Gasteiger partial charge in [-0.3, -0.25) is 4.68 Å². The monoisotopic (exact) mass is 410 g/mol. The molecule has 0 bridgehead atoms. The first-order valence-electron chi connectivity index (χ1n) is 9.23. The molecule has 1 aliphatic rings. The summed E-state index contributed by atoms with van der Waals surface area (Å²) in [4.78, 5) is 4.23. The molecule has 1 fully saturated rings. The van der Waals surface area contributed by atoms with Crippen molar-refractivity contribution in [1.82, 2.24) is 35.0 Å². The third kappa shape index (κ3) is 3.08. The van der Waals surface area contributed by atoms with Gasteiger partial charge in [-0.2, -0.15) is 9.78 Å². The van der Waals surface area contributed by atoms with Crippen molar-refractivity contribution in [3.63, 3.8) is 0 Å². The van der Waals surface area contributed by atoms with Crippen LogP contribution in [0, 0.1) is 11.6 Å². The molecule has 1 atom stereocenters. The number of halogens is 2. The average molecular weight is 410 g/mol. The summed E-state index contributed by atoms with van der Waals surface area (Å²) in [5.41, 5.74) is 7.87. The van der Waals surface area contributed by atoms with Crippen molar-refractivity contribution >= 4 is 5.82 Å². The number of nitrogens with two attached hydrogens (primary N) is 1. The van der Waals surface area contributed by atoms with Gasteiger partial charge in [-0.05, 0) is 35.0 Å². The number of hydrogen-bond donors (Lipinski definition) is 1. The first-order valence-corrected chi connectivity index (χ1v) is 9.23. The van der Waals surface area contributed by atoms with Gasteiger partial charge in [-0.1, -0.05) is 6.07 Å². The zero-order chi connectivity index (χ0) is 20.7. The van der Waals surface area contributed by atoms with E-state index in [1.807, 2.05) is 10.9 Å². The minimum atomic E-state index is -1.06. The lowest BCUT2D eigenvalue weighted by Crippen LogP contribution is -2.08. The van der Waals surface area contributed by atoms with Gasteiger partial charge < -0.3 is 10.5 Å². The van der Waals surface area contributed by atoms with Crippen LogP contribution in [0.25, 0.3) is 28.2 Å². The van der Waals surface area contributed by atoms with Crippen molar-refractivity contribution < 1.29 is 13.5 Å². The second-order valence-corrected chi connectivity index (χ2v) is 6.87. The molecule has 1 aliphatic heterocycles. The van der Waals surface area contributed by atoms with Crippen LogP contribution in [0.5, 0.6) is 0 Å². The molecule has 4 heterocycles. The van der Waals surface area contributed by atoms with Gasteiger partial charge in [-0.15, -0.1) is 5.10 Å². The smallest absolute Gasteiger partial charge is 0.190 e. The SMILES string of the molecule is Nc1ncc(-c2cnn([C@@H]3CCOC3)c2)cc1-c1nnnn1-c1cccc(F)c1F. The van der Waals surface area contributed by atoms with E-state index < -0.39 is 11.6 Å². The van der Waals surface area contributed by atoms with Crippen molar-refractivity contribution in [3.05, 3.63) is 54.5 Å². The van der Waals surface area contributed by atoms with Gasteiger partial charge in [0.15, 0.2) is 17.5 Å². The van der Waals surface area contributed by atoms with E-state index in [9.17, 15) is 8.78 Å². The number of ether oxygens (including phenoxy) is 1. The van der Waals surface area contributed by atoms with E-state index in [4.69, 9.17) is 10.5 Å². The number of pyridine rings is 1. The molecular weight excluding hydrogens is 394 g/mol. The third-order valence-electron chi connectivity index (χ3n) is 5.00. The topological polar surface area (TPSA) is 110 Å². The van der Waals surface area contributed by atoms with Crippen LogP contribution in [0.3, 0.4) is 0 Å². The number of nitrogens with zero attached hydrogens (tertiary/aromatic N) is 7. The van der Waals surface area contributed by atoms with Crippen LogP contribution in [-0.2, 0) is 4.74 Å². The zero-order valence-corrected chi connectivity index (χ0v) is 15.6.